The van der Waals surface area contributed by atoms with E-state index in [2.05, 4.69) is 5.48 Å². The van der Waals surface area contributed by atoms with Crippen LogP contribution in [0, 0.1) is 0 Å². The minimum Gasteiger partial charge on any atom is -0.478 e. The van der Waals surface area contributed by atoms with Gasteiger partial charge in [-0.15, -0.1) is 0 Å². The number of anilines is 1. The zero-order chi connectivity index (χ0) is 9.68. The Kier molecular flexibility index (Phi) is 3.28. The van der Waals surface area contributed by atoms with Gasteiger partial charge in [-0.2, -0.15) is 0 Å². The maximum absolute atomic E-state index is 10.7. The lowest BCUT2D eigenvalue weighted by molar-refractivity contribution is 0.0696. The molecule has 0 aliphatic heterocycles. The Bertz CT molecular complexity index is 299. The number of carboxylic acids is 1. The number of carbonyl (C=O) groups is 1. The molecule has 0 radical (unpaired) electrons. The number of hydrogen-bond donors (Lipinski definition) is 2. The average molecular weight is 181 g/mol. The Morgan fingerprint density at radius 3 is 2.85 bits per heavy atom. The van der Waals surface area contributed by atoms with E-state index in [9.17, 15) is 4.79 Å². The third-order valence-corrected chi connectivity index (χ3v) is 1.48. The Morgan fingerprint density at radius 2 is 2.23 bits per heavy atom. The van der Waals surface area contributed by atoms with Gasteiger partial charge in [0.05, 0.1) is 17.9 Å². The molecule has 0 heterocycles. The third-order valence-electron chi connectivity index (χ3n) is 1.48. The molecule has 0 saturated carbocycles. The maximum atomic E-state index is 10.7. The fourth-order valence-corrected chi connectivity index (χ4v) is 0.909. The monoisotopic (exact) mass is 181 g/mol. The second-order valence-corrected chi connectivity index (χ2v) is 2.39. The summed E-state index contributed by atoms with van der Waals surface area (Å²) >= 11 is 0. The van der Waals surface area contributed by atoms with Crippen molar-refractivity contribution >= 4 is 11.7 Å². The fraction of sp³-hybridized carbons (Fsp3) is 0.222. The maximum Gasteiger partial charge on any atom is 0.337 e. The van der Waals surface area contributed by atoms with Crippen LogP contribution in [0.25, 0.3) is 0 Å². The number of benzene rings is 1. The van der Waals surface area contributed by atoms with E-state index in [1.165, 1.54) is 6.07 Å². The summed E-state index contributed by atoms with van der Waals surface area (Å²) < 4.78 is 0. The minimum absolute atomic E-state index is 0.205. The van der Waals surface area contributed by atoms with Crippen molar-refractivity contribution in [1.29, 1.82) is 0 Å². The van der Waals surface area contributed by atoms with Crippen LogP contribution >= 0.6 is 0 Å². The van der Waals surface area contributed by atoms with E-state index >= 15 is 0 Å². The van der Waals surface area contributed by atoms with Gasteiger partial charge in [0.15, 0.2) is 0 Å². The second-order valence-electron chi connectivity index (χ2n) is 2.39. The first-order chi connectivity index (χ1) is 6.25. The Balaban J connectivity index is 2.84. The van der Waals surface area contributed by atoms with Crippen LogP contribution in [0.4, 0.5) is 5.69 Å². The molecule has 0 saturated heterocycles. The highest BCUT2D eigenvalue weighted by Crippen LogP contribution is 2.14. The van der Waals surface area contributed by atoms with Gasteiger partial charge in [0.25, 0.3) is 0 Å². The van der Waals surface area contributed by atoms with Crippen LogP contribution in [0.15, 0.2) is 24.3 Å². The van der Waals surface area contributed by atoms with Crippen molar-refractivity contribution in [2.45, 2.75) is 6.92 Å². The standard InChI is InChI=1S/C9H11NO3/c1-2-13-10-8-6-4-3-5-7(8)9(11)12/h3-6,10H,2H2,1H3,(H,11,12). The SMILES string of the molecule is CCONc1ccccc1C(=O)O. The quantitative estimate of drug-likeness (QED) is 0.695. The molecule has 0 fully saturated rings. The lowest BCUT2D eigenvalue weighted by Crippen LogP contribution is -2.06. The molecule has 13 heavy (non-hydrogen) atoms. The van der Waals surface area contributed by atoms with Gasteiger partial charge >= 0.3 is 5.97 Å². The van der Waals surface area contributed by atoms with Crippen molar-refractivity contribution in [3.05, 3.63) is 29.8 Å². The van der Waals surface area contributed by atoms with Gasteiger partial charge in [0.1, 0.15) is 0 Å². The van der Waals surface area contributed by atoms with Crippen LogP contribution < -0.4 is 5.48 Å². The summed E-state index contributed by atoms with van der Waals surface area (Å²) in [6.45, 7) is 2.30. The van der Waals surface area contributed by atoms with Gasteiger partial charge in [0, 0.05) is 0 Å². The van der Waals surface area contributed by atoms with E-state index in [1.54, 1.807) is 18.2 Å². The molecule has 0 unspecified atom stereocenters. The molecule has 0 aromatic heterocycles. The normalized spacial score (nSPS) is 9.62. The highest BCUT2D eigenvalue weighted by molar-refractivity contribution is 5.93. The summed E-state index contributed by atoms with van der Waals surface area (Å²) in [4.78, 5) is 15.6. The molecule has 0 bridgehead atoms. The molecule has 4 nitrogen and oxygen atoms in total. The van der Waals surface area contributed by atoms with Crippen LogP contribution in [0.3, 0.4) is 0 Å². The van der Waals surface area contributed by atoms with E-state index in [1.807, 2.05) is 6.92 Å². The van der Waals surface area contributed by atoms with Crippen LogP contribution in [-0.4, -0.2) is 17.7 Å². The van der Waals surface area contributed by atoms with E-state index in [-0.39, 0.29) is 5.56 Å². The van der Waals surface area contributed by atoms with Crippen LogP contribution in [0.1, 0.15) is 17.3 Å². The number of hydrogen-bond acceptors (Lipinski definition) is 3. The molecule has 0 aliphatic rings. The molecule has 1 rings (SSSR count). The molecule has 4 heteroatoms. The van der Waals surface area contributed by atoms with Crippen molar-refractivity contribution in [1.82, 2.24) is 0 Å². The van der Waals surface area contributed by atoms with Gasteiger partial charge in [-0.3, -0.25) is 10.3 Å². The van der Waals surface area contributed by atoms with Gasteiger partial charge in [-0.1, -0.05) is 12.1 Å². The molecule has 0 spiro atoms. The topological polar surface area (TPSA) is 58.6 Å². The van der Waals surface area contributed by atoms with E-state index in [0.717, 1.165) is 0 Å². The predicted octanol–water partition coefficient (Wildman–Crippen LogP) is 1.75. The van der Waals surface area contributed by atoms with Crippen molar-refractivity contribution in [3.8, 4) is 0 Å². The number of rotatable bonds is 4. The first-order valence-electron chi connectivity index (χ1n) is 3.95. The molecule has 0 amide bonds. The molecule has 0 atom stereocenters. The smallest absolute Gasteiger partial charge is 0.337 e. The second kappa shape index (κ2) is 4.47. The Morgan fingerprint density at radius 1 is 1.54 bits per heavy atom. The van der Waals surface area contributed by atoms with Crippen LogP contribution in [-0.2, 0) is 4.84 Å². The van der Waals surface area contributed by atoms with Crippen LogP contribution in [0.2, 0.25) is 0 Å². The van der Waals surface area contributed by atoms with Crippen molar-refractivity contribution < 1.29 is 14.7 Å². The molecule has 2 N–H and O–H groups in total. The van der Waals surface area contributed by atoms with Gasteiger partial charge in [-0.25, -0.2) is 4.79 Å². The summed E-state index contributed by atoms with van der Waals surface area (Å²) in [5.74, 6) is -0.970. The zero-order valence-electron chi connectivity index (χ0n) is 7.28. The van der Waals surface area contributed by atoms with Crippen molar-refractivity contribution in [2.24, 2.45) is 0 Å². The number of carboxylic acid groups (broad SMARTS) is 1. The highest BCUT2D eigenvalue weighted by Gasteiger charge is 2.07. The van der Waals surface area contributed by atoms with Gasteiger partial charge in [0.2, 0.25) is 0 Å². The first-order valence-corrected chi connectivity index (χ1v) is 3.95. The fourth-order valence-electron chi connectivity index (χ4n) is 0.909. The number of nitrogens with one attached hydrogen (secondary N) is 1. The minimum atomic E-state index is -0.970. The average Bonchev–Trinajstić information content (AvgIpc) is 2.15. The number of para-hydroxylation sites is 1. The largest absolute Gasteiger partial charge is 0.478 e. The van der Waals surface area contributed by atoms with E-state index in [0.29, 0.717) is 12.3 Å². The first kappa shape index (κ1) is 9.54. The lowest BCUT2D eigenvalue weighted by Gasteiger charge is -2.07. The van der Waals surface area contributed by atoms with Crippen LogP contribution in [0.5, 0.6) is 0 Å². The lowest BCUT2D eigenvalue weighted by atomic mass is 10.2. The van der Waals surface area contributed by atoms with Crippen molar-refractivity contribution in [3.63, 3.8) is 0 Å². The molecule has 1 aromatic rings. The summed E-state index contributed by atoms with van der Waals surface area (Å²) in [6.07, 6.45) is 0. The zero-order valence-corrected chi connectivity index (χ0v) is 7.28. The van der Waals surface area contributed by atoms with E-state index < -0.39 is 5.97 Å². The molecule has 70 valence electrons. The summed E-state index contributed by atoms with van der Waals surface area (Å²) in [6, 6.07) is 6.58. The van der Waals surface area contributed by atoms with Crippen molar-refractivity contribution in [2.75, 3.05) is 12.1 Å². The number of aromatic carboxylic acids is 1. The third kappa shape index (κ3) is 2.45. The molecule has 1 aromatic carbocycles. The predicted molar refractivity (Wildman–Crippen MR) is 48.7 cm³/mol. The highest BCUT2D eigenvalue weighted by atomic mass is 16.6. The summed E-state index contributed by atoms with van der Waals surface area (Å²) in [7, 11) is 0. The Hall–Kier alpha value is -1.55. The molecular weight excluding hydrogens is 170 g/mol. The molecular formula is C9H11NO3. The Labute approximate surface area is 76.1 Å². The summed E-state index contributed by atoms with van der Waals surface area (Å²) in [5, 5.41) is 8.77. The van der Waals surface area contributed by atoms with Gasteiger partial charge in [-0.05, 0) is 19.1 Å². The summed E-state index contributed by atoms with van der Waals surface area (Å²) in [5.41, 5.74) is 3.24. The van der Waals surface area contributed by atoms with E-state index in [4.69, 9.17) is 9.94 Å². The van der Waals surface area contributed by atoms with Gasteiger partial charge < -0.3 is 5.11 Å². The molecule has 0 aliphatic carbocycles.